The maximum absolute atomic E-state index is 8.09. The topological polar surface area (TPSA) is 38.8 Å². The molecule has 0 fully saturated rings. The van der Waals surface area contributed by atoms with E-state index in [0.717, 1.165) is 45.6 Å². The van der Waals surface area contributed by atoms with Gasteiger partial charge in [-0.15, -0.1) is 0 Å². The van der Waals surface area contributed by atoms with E-state index in [1.54, 1.807) is 0 Å². The Morgan fingerprint density at radius 2 is 0.429 bits per heavy atom. The fourth-order valence-corrected chi connectivity index (χ4v) is 21.1. The fraction of sp³-hybridized carbons (Fsp3) is 0.189. The molecule has 6 aromatic heterocycles. The molecular weight excluding hydrogens is 1440 g/mol. The first-order valence-corrected chi connectivity index (χ1v) is 43.3. The normalized spacial score (nSPS) is 12.9. The van der Waals surface area contributed by atoms with E-state index in [2.05, 4.69) is 416 Å². The second-order valence-electron chi connectivity index (χ2n) is 36.0. The van der Waals surface area contributed by atoms with Gasteiger partial charge < -0.3 is 32.1 Å². The van der Waals surface area contributed by atoms with Crippen molar-refractivity contribution in [3.05, 3.63) is 330 Å². The summed E-state index contributed by atoms with van der Waals surface area (Å²) >= 11 is 0. The monoisotopic (exact) mass is 1540 g/mol. The van der Waals surface area contributed by atoms with E-state index in [1.807, 2.05) is 0 Å². The van der Waals surface area contributed by atoms with E-state index in [-0.39, 0.29) is 42.2 Å². The lowest BCUT2D eigenvalue weighted by molar-refractivity contribution is 0.487. The van der Waals surface area contributed by atoms with Gasteiger partial charge in [-0.25, -0.2) is 0 Å². The predicted molar refractivity (Wildman–Crippen MR) is 509 cm³/mol. The van der Waals surface area contributed by atoms with Crippen LogP contribution in [-0.4, -0.2) is 34.1 Å². The molecule has 580 valence electrons. The molecule has 0 atom stereocenters. The molecule has 8 heteroatoms. The summed E-state index contributed by atoms with van der Waals surface area (Å²) in [6.45, 7) is 33.2. The van der Waals surface area contributed by atoms with Crippen molar-refractivity contribution >= 4 is 154 Å². The van der Waals surface area contributed by atoms with Crippen molar-refractivity contribution in [2.45, 2.75) is 138 Å². The second kappa shape index (κ2) is 27.3. The molecule has 0 bridgehead atoms. The highest BCUT2D eigenvalue weighted by Gasteiger charge is 2.39. The van der Waals surface area contributed by atoms with E-state index in [1.165, 1.54) is 186 Å². The van der Waals surface area contributed by atoms with Gasteiger partial charge in [-0.2, -0.15) is 0 Å². The van der Waals surface area contributed by atoms with Crippen molar-refractivity contribution in [3.63, 3.8) is 0 Å². The summed E-state index contributed by atoms with van der Waals surface area (Å²) in [7, 11) is 0. The first-order chi connectivity index (χ1) is 57.9. The van der Waals surface area contributed by atoms with Gasteiger partial charge in [0.1, 0.15) is 11.5 Å². The van der Waals surface area contributed by atoms with Gasteiger partial charge in [0.15, 0.2) is 0 Å². The fourth-order valence-electron chi connectivity index (χ4n) is 21.1. The van der Waals surface area contributed by atoms with E-state index < -0.39 is 0 Å². The summed E-state index contributed by atoms with van der Waals surface area (Å²) < 4.78 is 23.5. The maximum Gasteiger partial charge on any atom is 0.251 e. The molecular formula is C111H97BN6O. The Hall–Kier alpha value is -13.0. The standard InChI is InChI=1S/C111H97BN6O/c1-63(2)70-51-85(64(3)4)107(86(52-70)65(5)6)112-95-49-47-71(117-108-87(66(7)8)53-73(113-97-39-23-15-31-77(97)78-32-16-24-40-98(78)113)57-91(108)92-58-74(54-88(67(9)10)109(92)117)114-99-41-25-17-33-79(99)80-34-18-26-42-100(80)114)61-105(95)119-106-62-72(48-50-96(106)112)118-110-89(68(11)12)55-75(115-101-43-27-19-35-81(101)82-36-20-28-44-102(82)115)59-93(110)94-60-76(56-90(69(13)14)111(94)118)116-103-45-29-21-37-83(103)84-38-22-30-46-104(84)116/h15-69H,1-14H3. The van der Waals surface area contributed by atoms with Crippen molar-refractivity contribution in [2.75, 3.05) is 0 Å². The molecule has 1 aliphatic rings. The molecule has 0 radical (unpaired) electrons. The molecule has 0 N–H and O–H groups in total. The van der Waals surface area contributed by atoms with Gasteiger partial charge in [0.2, 0.25) is 0 Å². The van der Waals surface area contributed by atoms with Crippen LogP contribution in [0.1, 0.15) is 177 Å². The van der Waals surface area contributed by atoms with Crippen molar-refractivity contribution in [3.8, 4) is 45.6 Å². The number of ether oxygens (including phenoxy) is 1. The zero-order chi connectivity index (χ0) is 81.0. The summed E-state index contributed by atoms with van der Waals surface area (Å²) in [6.07, 6.45) is 0. The van der Waals surface area contributed by atoms with Crippen LogP contribution in [0.4, 0.5) is 0 Å². The Morgan fingerprint density at radius 3 is 0.647 bits per heavy atom. The Bertz CT molecular complexity index is 6810. The largest absolute Gasteiger partial charge is 0.458 e. The Labute approximate surface area is 695 Å². The number of hydrogen-bond acceptors (Lipinski definition) is 1. The van der Waals surface area contributed by atoms with Crippen molar-refractivity contribution < 1.29 is 4.74 Å². The summed E-state index contributed by atoms with van der Waals surface area (Å²) in [5, 5.41) is 14.8. The Kier molecular flexibility index (Phi) is 16.6. The molecule has 15 aromatic carbocycles. The summed E-state index contributed by atoms with van der Waals surface area (Å²) in [5.74, 6) is 3.06. The van der Waals surface area contributed by atoms with Crippen LogP contribution in [0.25, 0.3) is 165 Å². The van der Waals surface area contributed by atoms with Crippen LogP contribution in [0.2, 0.25) is 0 Å². The van der Waals surface area contributed by atoms with Gasteiger partial charge in [-0.1, -0.05) is 272 Å². The molecule has 0 spiro atoms. The number of para-hydroxylation sites is 8. The smallest absolute Gasteiger partial charge is 0.251 e. The third-order valence-electron chi connectivity index (χ3n) is 26.6. The molecule has 0 saturated heterocycles. The molecule has 1 aliphatic heterocycles. The molecule has 119 heavy (non-hydrogen) atoms. The minimum atomic E-state index is -0.177. The first-order valence-electron chi connectivity index (χ1n) is 43.3. The molecule has 21 aromatic rings. The molecule has 7 nitrogen and oxygen atoms in total. The highest BCUT2D eigenvalue weighted by atomic mass is 16.5. The van der Waals surface area contributed by atoms with E-state index in [4.69, 9.17) is 4.74 Å². The molecule has 22 rings (SSSR count). The molecule has 0 amide bonds. The van der Waals surface area contributed by atoms with E-state index in [9.17, 15) is 0 Å². The van der Waals surface area contributed by atoms with Crippen LogP contribution >= 0.6 is 0 Å². The Balaban J connectivity index is 0.829. The average molecular weight is 1540 g/mol. The molecule has 0 aliphatic carbocycles. The summed E-state index contributed by atoms with van der Waals surface area (Å²) in [4.78, 5) is 0. The van der Waals surface area contributed by atoms with E-state index in [0.29, 0.717) is 5.92 Å². The molecule has 0 unspecified atom stereocenters. The quantitative estimate of drug-likeness (QED) is 0.100. The van der Waals surface area contributed by atoms with Gasteiger partial charge in [0.05, 0.1) is 66.2 Å². The maximum atomic E-state index is 8.09. The van der Waals surface area contributed by atoms with Gasteiger partial charge in [0.25, 0.3) is 6.71 Å². The minimum Gasteiger partial charge on any atom is -0.458 e. The van der Waals surface area contributed by atoms with E-state index >= 15 is 0 Å². The SMILES string of the molecule is CC(C)c1cc(C(C)C)c(B2c3ccc(-n4c5c(C(C)C)cc(-n6c7ccccc7c7ccccc76)cc5c5cc(-n6c7ccccc7c7ccccc76)cc(C(C)C)c54)cc3Oc3cc(-n4c5c(C(C)C)cc(-n6c7ccccc7c7ccccc76)cc5c5cc(-n6c7ccccc7c7ccccc76)cc(C(C)C)c54)ccc32)c(C(C)C)c1. The zero-order valence-electron chi connectivity index (χ0n) is 70.4. The van der Waals surface area contributed by atoms with Crippen LogP contribution in [0.5, 0.6) is 11.5 Å². The first kappa shape index (κ1) is 72.4. The molecule has 0 saturated carbocycles. The second-order valence-corrected chi connectivity index (χ2v) is 36.0. The highest BCUT2D eigenvalue weighted by Crippen LogP contribution is 2.50. The van der Waals surface area contributed by atoms with Crippen molar-refractivity contribution in [2.24, 2.45) is 0 Å². The number of hydrogen-bond donors (Lipinski definition) is 0. The molecule has 7 heterocycles. The summed E-state index contributed by atoms with van der Waals surface area (Å²) in [5.41, 5.74) is 34.1. The van der Waals surface area contributed by atoms with Crippen molar-refractivity contribution in [1.82, 2.24) is 27.4 Å². The lowest BCUT2D eigenvalue weighted by Crippen LogP contribution is -2.57. The number of benzene rings is 15. The van der Waals surface area contributed by atoms with Crippen LogP contribution in [0.15, 0.2) is 291 Å². The lowest BCUT2D eigenvalue weighted by Gasteiger charge is -2.33. The van der Waals surface area contributed by atoms with Crippen LogP contribution in [0.3, 0.4) is 0 Å². The number of fused-ring (bicyclic) bond motifs is 20. The summed E-state index contributed by atoms with van der Waals surface area (Å²) in [6, 6.07) is 111. The van der Waals surface area contributed by atoms with Crippen LogP contribution in [0, 0.1) is 0 Å². The van der Waals surface area contributed by atoms with Gasteiger partial charge in [-0.3, -0.25) is 0 Å². The van der Waals surface area contributed by atoms with Gasteiger partial charge >= 0.3 is 0 Å². The van der Waals surface area contributed by atoms with Crippen molar-refractivity contribution in [1.29, 1.82) is 0 Å². The minimum absolute atomic E-state index is 0.128. The zero-order valence-corrected chi connectivity index (χ0v) is 70.4. The predicted octanol–water partition coefficient (Wildman–Crippen LogP) is 28.8. The highest BCUT2D eigenvalue weighted by molar-refractivity contribution is 6.97. The lowest BCUT2D eigenvalue weighted by atomic mass is 9.34. The van der Waals surface area contributed by atoms with Crippen LogP contribution in [-0.2, 0) is 0 Å². The third-order valence-corrected chi connectivity index (χ3v) is 26.6. The number of nitrogens with zero attached hydrogens (tertiary/aromatic N) is 6. The number of aromatic nitrogens is 6. The third kappa shape index (κ3) is 10.8. The Morgan fingerprint density at radius 1 is 0.202 bits per heavy atom. The average Bonchev–Trinajstić information content (AvgIpc) is 1.40. The van der Waals surface area contributed by atoms with Gasteiger partial charge in [-0.05, 0) is 200 Å². The van der Waals surface area contributed by atoms with Crippen LogP contribution < -0.4 is 21.1 Å². The van der Waals surface area contributed by atoms with Gasteiger partial charge in [0, 0.05) is 111 Å². The number of rotatable bonds is 14.